The molecule has 6 rings (SSSR count). The van der Waals surface area contributed by atoms with Crippen molar-refractivity contribution in [2.75, 3.05) is 69.0 Å². The second-order valence-electron chi connectivity index (χ2n) is 11.9. The summed E-state index contributed by atoms with van der Waals surface area (Å²) in [4.78, 5) is 16.8. The van der Waals surface area contributed by atoms with E-state index in [0.29, 0.717) is 26.2 Å². The van der Waals surface area contributed by atoms with Crippen LogP contribution in [0.1, 0.15) is 49.8 Å². The van der Waals surface area contributed by atoms with E-state index >= 15 is 0 Å². The highest BCUT2D eigenvalue weighted by Gasteiger charge is 2.47. The molecule has 3 N–H and O–H groups in total. The molecule has 0 radical (unpaired) electrons. The number of fused-ring (bicyclic) bond motifs is 1. The van der Waals surface area contributed by atoms with Crippen molar-refractivity contribution < 1.29 is 24.1 Å². The fraction of sp³-hybridized carbons (Fsp3) is 0.594. The first-order valence-electron chi connectivity index (χ1n) is 15.2. The summed E-state index contributed by atoms with van der Waals surface area (Å²) >= 11 is 0. The molecule has 41 heavy (non-hydrogen) atoms. The molecule has 1 spiro atoms. The molecule has 3 fully saturated rings. The van der Waals surface area contributed by atoms with Crippen LogP contribution in [0.5, 0.6) is 5.75 Å². The van der Waals surface area contributed by atoms with Crippen LogP contribution in [-0.2, 0) is 20.7 Å². The van der Waals surface area contributed by atoms with Gasteiger partial charge in [-0.3, -0.25) is 4.79 Å². The average molecular weight is 565 g/mol. The summed E-state index contributed by atoms with van der Waals surface area (Å²) < 4.78 is 18.2. The maximum atomic E-state index is 12.0. The zero-order chi connectivity index (χ0) is 28.2. The van der Waals surface area contributed by atoms with Crippen LogP contribution in [0, 0.1) is 0 Å². The summed E-state index contributed by atoms with van der Waals surface area (Å²) in [6.45, 7) is 8.14. The van der Waals surface area contributed by atoms with E-state index in [1.807, 2.05) is 30.3 Å². The predicted octanol–water partition coefficient (Wildman–Crippen LogP) is 2.80. The van der Waals surface area contributed by atoms with Crippen molar-refractivity contribution in [1.82, 2.24) is 10.6 Å². The number of anilines is 2. The predicted molar refractivity (Wildman–Crippen MR) is 159 cm³/mol. The smallest absolute Gasteiger partial charge is 0.217 e. The number of amides is 1. The average Bonchev–Trinajstić information content (AvgIpc) is 2.99. The first-order valence-corrected chi connectivity index (χ1v) is 15.2. The highest BCUT2D eigenvalue weighted by Crippen LogP contribution is 2.53. The van der Waals surface area contributed by atoms with Gasteiger partial charge in [0, 0.05) is 63.4 Å². The Morgan fingerprint density at radius 1 is 1.02 bits per heavy atom. The Hall–Kier alpha value is -2.85. The highest BCUT2D eigenvalue weighted by atomic mass is 16.5. The van der Waals surface area contributed by atoms with Crippen molar-refractivity contribution >= 4 is 17.3 Å². The van der Waals surface area contributed by atoms with E-state index in [0.717, 1.165) is 81.2 Å². The van der Waals surface area contributed by atoms with Gasteiger partial charge in [-0.15, -0.1) is 0 Å². The number of hydrogen-bond acceptors (Lipinski definition) is 8. The van der Waals surface area contributed by atoms with Crippen LogP contribution >= 0.6 is 0 Å². The zero-order valence-electron chi connectivity index (χ0n) is 24.1. The van der Waals surface area contributed by atoms with E-state index < -0.39 is 6.10 Å². The topological polar surface area (TPSA) is 95.5 Å². The fourth-order valence-electron chi connectivity index (χ4n) is 6.65. The van der Waals surface area contributed by atoms with Crippen LogP contribution in [0.2, 0.25) is 0 Å². The lowest BCUT2D eigenvalue weighted by Crippen LogP contribution is -2.52. The summed E-state index contributed by atoms with van der Waals surface area (Å²) in [6, 6.07) is 14.2. The van der Waals surface area contributed by atoms with E-state index in [9.17, 15) is 9.90 Å². The molecule has 9 nitrogen and oxygen atoms in total. The third-order valence-electron chi connectivity index (χ3n) is 9.07. The van der Waals surface area contributed by atoms with Gasteiger partial charge in [0.05, 0.1) is 44.3 Å². The molecule has 1 saturated carbocycles. The molecule has 0 bridgehead atoms. The second-order valence-corrected chi connectivity index (χ2v) is 11.9. The summed E-state index contributed by atoms with van der Waals surface area (Å²) in [7, 11) is 0. The van der Waals surface area contributed by atoms with E-state index in [-0.39, 0.29) is 23.6 Å². The van der Waals surface area contributed by atoms with Crippen molar-refractivity contribution in [2.45, 2.75) is 62.8 Å². The van der Waals surface area contributed by atoms with Crippen molar-refractivity contribution in [1.29, 1.82) is 0 Å². The Morgan fingerprint density at radius 2 is 1.71 bits per heavy atom. The zero-order valence-corrected chi connectivity index (χ0v) is 24.1. The molecule has 2 aromatic carbocycles. The standard InChI is InChI=1S/C32H44N4O5/c1-23(37)34-27(18-24-6-3-2-4-7-24)30(38)22-33-28-21-32(8-5-9-32)41-31-26(28)19-25(35-10-14-39-15-11-35)20-29(31)36-12-16-40-17-13-36/h2-4,6-7,19-20,27-28,30,33,38H,5,8-18,21-22H2,1H3,(H,34,37)/t27-,28-,30+/m0/s1. The molecule has 222 valence electrons. The van der Waals surface area contributed by atoms with Crippen molar-refractivity contribution in [3.8, 4) is 5.75 Å². The lowest BCUT2D eigenvalue weighted by Gasteiger charge is -2.49. The summed E-state index contributed by atoms with van der Waals surface area (Å²) in [6.07, 6.45) is 3.95. The van der Waals surface area contributed by atoms with Gasteiger partial charge in [0.1, 0.15) is 11.4 Å². The van der Waals surface area contributed by atoms with Crippen molar-refractivity contribution in [3.63, 3.8) is 0 Å². The highest BCUT2D eigenvalue weighted by molar-refractivity contribution is 5.73. The Bertz CT molecular complexity index is 1180. The molecule has 1 aliphatic carbocycles. The minimum Gasteiger partial charge on any atom is -0.485 e. The molecular formula is C32H44N4O5. The number of morpholine rings is 2. The molecule has 0 unspecified atom stereocenters. The fourth-order valence-corrected chi connectivity index (χ4v) is 6.65. The van der Waals surface area contributed by atoms with Crippen LogP contribution in [0.4, 0.5) is 11.4 Å². The Morgan fingerprint density at radius 3 is 2.34 bits per heavy atom. The van der Waals surface area contributed by atoms with E-state index in [4.69, 9.17) is 14.2 Å². The van der Waals surface area contributed by atoms with Gasteiger partial charge in [-0.1, -0.05) is 30.3 Å². The number of ether oxygens (including phenoxy) is 3. The number of carbonyl (C=O) groups excluding carboxylic acids is 1. The maximum absolute atomic E-state index is 12.0. The molecule has 9 heteroatoms. The normalized spacial score (nSPS) is 23.2. The number of aliphatic hydroxyl groups is 1. The number of aliphatic hydroxyl groups excluding tert-OH is 1. The third kappa shape index (κ3) is 6.48. The van der Waals surface area contributed by atoms with Crippen LogP contribution in [0.15, 0.2) is 42.5 Å². The largest absolute Gasteiger partial charge is 0.485 e. The van der Waals surface area contributed by atoms with E-state index in [1.165, 1.54) is 19.0 Å². The minimum atomic E-state index is -0.746. The van der Waals surface area contributed by atoms with Gasteiger partial charge in [0.15, 0.2) is 0 Å². The quantitative estimate of drug-likeness (QED) is 0.428. The molecule has 1 amide bonds. The van der Waals surface area contributed by atoms with Gasteiger partial charge >= 0.3 is 0 Å². The number of carbonyl (C=O) groups is 1. The van der Waals surface area contributed by atoms with Crippen LogP contribution in [0.3, 0.4) is 0 Å². The monoisotopic (exact) mass is 564 g/mol. The molecule has 3 atom stereocenters. The first kappa shape index (κ1) is 28.3. The van der Waals surface area contributed by atoms with Crippen molar-refractivity contribution in [2.24, 2.45) is 0 Å². The van der Waals surface area contributed by atoms with E-state index in [1.54, 1.807) is 0 Å². The van der Waals surface area contributed by atoms with Gasteiger partial charge < -0.3 is 39.8 Å². The maximum Gasteiger partial charge on any atom is 0.217 e. The van der Waals surface area contributed by atoms with Gasteiger partial charge in [0.25, 0.3) is 0 Å². The number of rotatable bonds is 9. The number of hydrogen-bond donors (Lipinski definition) is 3. The summed E-state index contributed by atoms with van der Waals surface area (Å²) in [5, 5.41) is 18.1. The summed E-state index contributed by atoms with van der Waals surface area (Å²) in [5.41, 5.74) is 4.40. The molecule has 4 aliphatic rings. The Kier molecular flexibility index (Phi) is 8.67. The minimum absolute atomic E-state index is 0.0317. The van der Waals surface area contributed by atoms with Gasteiger partial charge in [0.2, 0.25) is 5.91 Å². The molecule has 2 aromatic rings. The lowest BCUT2D eigenvalue weighted by atomic mass is 9.72. The lowest BCUT2D eigenvalue weighted by molar-refractivity contribution is -0.120. The Balaban J connectivity index is 1.28. The number of nitrogens with one attached hydrogen (secondary N) is 2. The van der Waals surface area contributed by atoms with Crippen molar-refractivity contribution in [3.05, 3.63) is 53.6 Å². The third-order valence-corrected chi connectivity index (χ3v) is 9.07. The molecular weight excluding hydrogens is 520 g/mol. The van der Waals surface area contributed by atoms with Crippen LogP contribution in [-0.4, -0.2) is 87.9 Å². The molecule has 2 saturated heterocycles. The first-order chi connectivity index (χ1) is 20.0. The van der Waals surface area contributed by atoms with Gasteiger partial charge in [-0.25, -0.2) is 0 Å². The Labute approximate surface area is 243 Å². The van der Waals surface area contributed by atoms with Gasteiger partial charge in [-0.05, 0) is 43.4 Å². The molecule has 0 aromatic heterocycles. The van der Waals surface area contributed by atoms with Crippen LogP contribution < -0.4 is 25.2 Å². The molecule has 3 heterocycles. The molecule has 3 aliphatic heterocycles. The van der Waals surface area contributed by atoms with Gasteiger partial charge in [-0.2, -0.15) is 0 Å². The SMILES string of the molecule is CC(=O)N[C@@H](Cc1ccccc1)[C@H](O)CN[C@H]1CC2(CCC2)Oc2c1cc(N1CCOCC1)cc2N1CCOCC1. The number of nitrogens with zero attached hydrogens (tertiary/aromatic N) is 2. The van der Waals surface area contributed by atoms with Crippen LogP contribution in [0.25, 0.3) is 0 Å². The second kappa shape index (κ2) is 12.6. The van der Waals surface area contributed by atoms with E-state index in [2.05, 4.69) is 32.6 Å². The number of benzene rings is 2. The summed E-state index contributed by atoms with van der Waals surface area (Å²) in [5.74, 6) is 0.838.